The molecule has 7 heteroatoms. The topological polar surface area (TPSA) is 93.2 Å². The van der Waals surface area contributed by atoms with Gasteiger partial charge in [-0.15, -0.1) is 0 Å². The predicted octanol–water partition coefficient (Wildman–Crippen LogP) is 0.602. The van der Waals surface area contributed by atoms with Crippen LogP contribution >= 0.6 is 0 Å². The number of hydrogen-bond acceptors (Lipinski definition) is 4. The van der Waals surface area contributed by atoms with Crippen LogP contribution in [0.4, 0.5) is 16.3 Å². The second-order valence-electron chi connectivity index (χ2n) is 4.44. The fourth-order valence-corrected chi connectivity index (χ4v) is 2.23. The number of amides is 3. The van der Waals surface area contributed by atoms with Gasteiger partial charge < -0.3 is 5.73 Å². The van der Waals surface area contributed by atoms with Crippen molar-refractivity contribution in [3.05, 3.63) is 18.2 Å². The number of nitrogens with one attached hydrogen (secondary N) is 1. The van der Waals surface area contributed by atoms with E-state index in [4.69, 9.17) is 5.73 Å². The minimum Gasteiger partial charge on any atom is -0.383 e. The number of benzene rings is 1. The number of nitrogens with two attached hydrogens (primary N) is 1. The molecule has 7 nitrogen and oxygen atoms in total. The summed E-state index contributed by atoms with van der Waals surface area (Å²) in [5.74, 6) is 0.291. The number of carbonyl (C=O) groups excluding carboxylic acids is 2. The maximum Gasteiger partial charge on any atom is 0.328 e. The third-order valence-electron chi connectivity index (χ3n) is 3.23. The van der Waals surface area contributed by atoms with Gasteiger partial charge in [0.15, 0.2) is 0 Å². The fraction of sp³-hybridized carbons (Fsp3) is 0.250. The van der Waals surface area contributed by atoms with Crippen LogP contribution in [0.5, 0.6) is 0 Å². The van der Waals surface area contributed by atoms with Crippen molar-refractivity contribution in [3.8, 4) is 0 Å². The summed E-state index contributed by atoms with van der Waals surface area (Å²) < 4.78 is 1.57. The van der Waals surface area contributed by atoms with Crippen molar-refractivity contribution < 1.29 is 9.59 Å². The number of carbonyl (C=O) groups is 2. The Morgan fingerprint density at radius 3 is 2.89 bits per heavy atom. The fourth-order valence-electron chi connectivity index (χ4n) is 2.23. The molecule has 1 saturated heterocycles. The minimum absolute atomic E-state index is 0.256. The molecule has 3 rings (SSSR count). The number of aryl methyl sites for hydroxylation is 1. The Balaban J connectivity index is 2.13. The normalized spacial score (nSPS) is 15.9. The Morgan fingerprint density at radius 1 is 1.37 bits per heavy atom. The molecule has 3 N–H and O–H groups in total. The Hall–Kier alpha value is -2.57. The Labute approximate surface area is 109 Å². The highest BCUT2D eigenvalue weighted by Crippen LogP contribution is 2.30. The zero-order valence-electron chi connectivity index (χ0n) is 10.4. The Morgan fingerprint density at radius 2 is 2.16 bits per heavy atom. The monoisotopic (exact) mass is 259 g/mol. The summed E-state index contributed by atoms with van der Waals surface area (Å²) >= 11 is 0. The van der Waals surface area contributed by atoms with Crippen LogP contribution in [0.3, 0.4) is 0 Å². The summed E-state index contributed by atoms with van der Waals surface area (Å²) in [6.07, 6.45) is 0.282. The smallest absolute Gasteiger partial charge is 0.328 e. The molecule has 1 aliphatic rings. The van der Waals surface area contributed by atoms with Gasteiger partial charge in [-0.3, -0.25) is 19.7 Å². The maximum absolute atomic E-state index is 11.9. The van der Waals surface area contributed by atoms with Gasteiger partial charge in [-0.05, 0) is 12.1 Å². The number of nitrogen functional groups attached to an aromatic ring is 1. The van der Waals surface area contributed by atoms with Crippen LogP contribution in [0.25, 0.3) is 10.9 Å². The molecule has 0 saturated carbocycles. The van der Waals surface area contributed by atoms with Crippen LogP contribution in [0.2, 0.25) is 0 Å². The van der Waals surface area contributed by atoms with E-state index in [-0.39, 0.29) is 12.3 Å². The van der Waals surface area contributed by atoms with Crippen molar-refractivity contribution in [2.45, 2.75) is 6.42 Å². The molecule has 1 aromatic heterocycles. The van der Waals surface area contributed by atoms with Gasteiger partial charge in [0.05, 0.1) is 5.69 Å². The lowest BCUT2D eigenvalue weighted by Crippen LogP contribution is -2.49. The molecule has 3 amide bonds. The molecule has 0 atom stereocenters. The molecular weight excluding hydrogens is 246 g/mol. The van der Waals surface area contributed by atoms with Crippen molar-refractivity contribution in [2.24, 2.45) is 7.05 Å². The average Bonchev–Trinajstić information content (AvgIpc) is 2.66. The Kier molecular flexibility index (Phi) is 2.41. The van der Waals surface area contributed by atoms with E-state index in [2.05, 4.69) is 10.4 Å². The maximum atomic E-state index is 11.9. The van der Waals surface area contributed by atoms with E-state index in [1.54, 1.807) is 17.8 Å². The SMILES string of the molecule is Cn1nc2c(N3CCC(=O)NC3=O)cccc2c1N. The number of aromatic nitrogens is 2. The summed E-state index contributed by atoms with van der Waals surface area (Å²) in [6.45, 7) is 0.347. The number of hydrogen-bond donors (Lipinski definition) is 2. The molecular formula is C12H13N5O2. The predicted molar refractivity (Wildman–Crippen MR) is 70.6 cm³/mol. The highest BCUT2D eigenvalue weighted by Gasteiger charge is 2.26. The van der Waals surface area contributed by atoms with Crippen molar-refractivity contribution >= 4 is 34.3 Å². The number of rotatable bonds is 1. The zero-order valence-corrected chi connectivity index (χ0v) is 10.4. The van der Waals surface area contributed by atoms with Crippen LogP contribution in [0.1, 0.15) is 6.42 Å². The quantitative estimate of drug-likeness (QED) is 0.784. The first-order chi connectivity index (χ1) is 9.08. The molecule has 1 aliphatic heterocycles. The van der Waals surface area contributed by atoms with Gasteiger partial charge in [0.25, 0.3) is 0 Å². The van der Waals surface area contributed by atoms with Crippen LogP contribution in [0.15, 0.2) is 18.2 Å². The van der Waals surface area contributed by atoms with Gasteiger partial charge in [0.1, 0.15) is 11.3 Å². The standard InChI is InChI=1S/C12H13N5O2/c1-16-11(13)7-3-2-4-8(10(7)15-16)17-6-5-9(18)14-12(17)19/h2-4H,5-6,13H2,1H3,(H,14,18,19). The van der Waals surface area contributed by atoms with Crippen LogP contribution in [-0.2, 0) is 11.8 Å². The van der Waals surface area contributed by atoms with E-state index >= 15 is 0 Å². The lowest BCUT2D eigenvalue weighted by atomic mass is 10.2. The van der Waals surface area contributed by atoms with E-state index in [0.29, 0.717) is 23.6 Å². The average molecular weight is 259 g/mol. The van der Waals surface area contributed by atoms with Gasteiger partial charge in [0, 0.05) is 25.4 Å². The number of nitrogens with zero attached hydrogens (tertiary/aromatic N) is 3. The Bertz CT molecular complexity index is 691. The van der Waals surface area contributed by atoms with Crippen LogP contribution in [0, 0.1) is 0 Å². The first-order valence-electron chi connectivity index (χ1n) is 5.90. The molecule has 19 heavy (non-hydrogen) atoms. The van der Waals surface area contributed by atoms with Crippen LogP contribution < -0.4 is 16.0 Å². The van der Waals surface area contributed by atoms with Gasteiger partial charge in [0.2, 0.25) is 5.91 Å². The number of urea groups is 1. The van der Waals surface area contributed by atoms with Crippen molar-refractivity contribution in [1.29, 1.82) is 0 Å². The third kappa shape index (κ3) is 1.70. The second-order valence-corrected chi connectivity index (χ2v) is 4.44. The van der Waals surface area contributed by atoms with E-state index in [1.807, 2.05) is 12.1 Å². The summed E-state index contributed by atoms with van der Waals surface area (Å²) in [6, 6.07) is 5.05. The zero-order chi connectivity index (χ0) is 13.6. The van der Waals surface area contributed by atoms with Gasteiger partial charge in [-0.25, -0.2) is 4.79 Å². The number of fused-ring (bicyclic) bond motifs is 1. The lowest BCUT2D eigenvalue weighted by Gasteiger charge is -2.26. The summed E-state index contributed by atoms with van der Waals surface area (Å²) in [7, 11) is 1.75. The van der Waals surface area contributed by atoms with Crippen LogP contribution in [-0.4, -0.2) is 28.3 Å². The molecule has 0 aliphatic carbocycles. The van der Waals surface area contributed by atoms with E-state index in [1.165, 1.54) is 4.90 Å². The van der Waals surface area contributed by atoms with Crippen molar-refractivity contribution in [1.82, 2.24) is 15.1 Å². The van der Waals surface area contributed by atoms with E-state index in [0.717, 1.165) is 5.39 Å². The summed E-state index contributed by atoms with van der Waals surface area (Å²) in [5.41, 5.74) is 7.24. The summed E-state index contributed by atoms with van der Waals surface area (Å²) in [4.78, 5) is 24.6. The molecule has 1 fully saturated rings. The molecule has 0 unspecified atom stereocenters. The molecule has 0 radical (unpaired) electrons. The van der Waals surface area contributed by atoms with Crippen molar-refractivity contribution in [2.75, 3.05) is 17.2 Å². The van der Waals surface area contributed by atoms with Gasteiger partial charge in [-0.2, -0.15) is 5.10 Å². The molecule has 98 valence electrons. The van der Waals surface area contributed by atoms with Gasteiger partial charge >= 0.3 is 6.03 Å². The molecule has 1 aromatic carbocycles. The molecule has 2 heterocycles. The van der Waals surface area contributed by atoms with Crippen molar-refractivity contribution in [3.63, 3.8) is 0 Å². The van der Waals surface area contributed by atoms with E-state index < -0.39 is 6.03 Å². The van der Waals surface area contributed by atoms with Gasteiger partial charge in [-0.1, -0.05) is 6.07 Å². The molecule has 2 aromatic rings. The van der Waals surface area contributed by atoms with E-state index in [9.17, 15) is 9.59 Å². The largest absolute Gasteiger partial charge is 0.383 e. The minimum atomic E-state index is -0.423. The lowest BCUT2D eigenvalue weighted by molar-refractivity contribution is -0.120. The number of anilines is 2. The highest BCUT2D eigenvalue weighted by molar-refractivity contribution is 6.10. The first-order valence-corrected chi connectivity index (χ1v) is 5.90. The molecule has 0 bridgehead atoms. The third-order valence-corrected chi connectivity index (χ3v) is 3.23. The molecule has 0 spiro atoms. The second kappa shape index (κ2) is 3.98. The number of imide groups is 1. The highest BCUT2D eigenvalue weighted by atomic mass is 16.2. The first kappa shape index (κ1) is 11.5. The summed E-state index contributed by atoms with van der Waals surface area (Å²) in [5, 5.41) is 7.42.